The lowest BCUT2D eigenvalue weighted by atomic mass is 10.3. The minimum atomic E-state index is -0.308. The van der Waals surface area contributed by atoms with Crippen LogP contribution in [0.4, 0.5) is 10.8 Å². The molecule has 0 aliphatic heterocycles. The van der Waals surface area contributed by atoms with Crippen LogP contribution in [-0.2, 0) is 4.79 Å². The predicted octanol–water partition coefficient (Wildman–Crippen LogP) is 4.14. The maximum Gasteiger partial charge on any atom is 0.237 e. The summed E-state index contributed by atoms with van der Waals surface area (Å²) < 4.78 is 5.85. The molecule has 1 atom stereocenters. The van der Waals surface area contributed by atoms with E-state index in [9.17, 15) is 4.79 Å². The maximum absolute atomic E-state index is 12.3. The molecule has 0 aliphatic carbocycles. The zero-order valence-electron chi connectivity index (χ0n) is 13.6. The van der Waals surface area contributed by atoms with Crippen LogP contribution in [0.5, 0.6) is 5.75 Å². The van der Waals surface area contributed by atoms with Crippen molar-refractivity contribution in [2.24, 2.45) is 0 Å². The van der Waals surface area contributed by atoms with Gasteiger partial charge in [0.1, 0.15) is 5.75 Å². The van der Waals surface area contributed by atoms with Crippen molar-refractivity contribution >= 4 is 51.4 Å². The molecule has 9 heteroatoms. The highest BCUT2D eigenvalue weighted by atomic mass is 35.5. The first-order valence-corrected chi connectivity index (χ1v) is 9.49. The molecule has 2 rings (SSSR count). The van der Waals surface area contributed by atoms with Gasteiger partial charge in [-0.05, 0) is 31.5 Å². The van der Waals surface area contributed by atoms with Gasteiger partial charge in [0, 0.05) is 12.2 Å². The van der Waals surface area contributed by atoms with Gasteiger partial charge in [-0.15, -0.1) is 10.2 Å². The van der Waals surface area contributed by atoms with E-state index in [1.54, 1.807) is 25.3 Å². The van der Waals surface area contributed by atoms with E-state index in [0.29, 0.717) is 16.5 Å². The molecule has 24 heavy (non-hydrogen) atoms. The Labute approximate surface area is 154 Å². The predicted molar refractivity (Wildman–Crippen MR) is 101 cm³/mol. The number of nitrogens with one attached hydrogen (secondary N) is 2. The summed E-state index contributed by atoms with van der Waals surface area (Å²) in [6, 6.07) is 5.12. The molecule has 0 saturated heterocycles. The van der Waals surface area contributed by atoms with E-state index in [-0.39, 0.29) is 11.2 Å². The summed E-state index contributed by atoms with van der Waals surface area (Å²) in [5, 5.41) is 15.1. The number of amides is 1. The molecule has 0 spiro atoms. The molecule has 0 saturated carbocycles. The van der Waals surface area contributed by atoms with E-state index in [1.807, 2.05) is 6.92 Å². The maximum atomic E-state index is 12.3. The van der Waals surface area contributed by atoms with Crippen molar-refractivity contribution in [2.45, 2.75) is 29.9 Å². The van der Waals surface area contributed by atoms with E-state index in [4.69, 9.17) is 16.3 Å². The summed E-state index contributed by atoms with van der Waals surface area (Å²) in [7, 11) is 1.55. The minimum Gasteiger partial charge on any atom is -0.495 e. The Bertz CT molecular complexity index is 696. The zero-order valence-corrected chi connectivity index (χ0v) is 16.0. The molecule has 1 amide bonds. The van der Waals surface area contributed by atoms with Crippen molar-refractivity contribution in [3.05, 3.63) is 23.2 Å². The highest BCUT2D eigenvalue weighted by Crippen LogP contribution is 2.30. The summed E-state index contributed by atoms with van der Waals surface area (Å²) in [5.74, 6) is 0.442. The number of aromatic nitrogens is 2. The number of carbonyl (C=O) groups excluding carboxylic acids is 1. The molecule has 0 bridgehead atoms. The van der Waals surface area contributed by atoms with Crippen molar-refractivity contribution in [3.8, 4) is 5.75 Å². The number of anilines is 2. The van der Waals surface area contributed by atoms with Crippen molar-refractivity contribution in [1.82, 2.24) is 10.2 Å². The molecule has 0 unspecified atom stereocenters. The highest BCUT2D eigenvalue weighted by molar-refractivity contribution is 8.02. The van der Waals surface area contributed by atoms with E-state index >= 15 is 0 Å². The van der Waals surface area contributed by atoms with Crippen LogP contribution in [0.1, 0.15) is 20.3 Å². The zero-order chi connectivity index (χ0) is 17.5. The fourth-order valence-corrected chi connectivity index (χ4v) is 3.93. The first-order chi connectivity index (χ1) is 11.5. The highest BCUT2D eigenvalue weighted by Gasteiger charge is 2.17. The number of carbonyl (C=O) groups is 1. The number of hydrogen-bond donors (Lipinski definition) is 2. The fraction of sp³-hybridized carbons (Fsp3) is 0.400. The lowest BCUT2D eigenvalue weighted by molar-refractivity contribution is -0.115. The molecule has 130 valence electrons. The second kappa shape index (κ2) is 9.10. The average molecular weight is 387 g/mol. The number of methoxy groups -OCH3 is 1. The Morgan fingerprint density at radius 3 is 2.92 bits per heavy atom. The molecular weight excluding hydrogens is 368 g/mol. The number of thioether (sulfide) groups is 1. The van der Waals surface area contributed by atoms with E-state index in [0.717, 1.165) is 22.4 Å². The van der Waals surface area contributed by atoms with Gasteiger partial charge in [-0.2, -0.15) is 0 Å². The molecule has 1 aromatic carbocycles. The molecule has 2 N–H and O–H groups in total. The molecule has 1 heterocycles. The second-order valence-electron chi connectivity index (χ2n) is 4.90. The summed E-state index contributed by atoms with van der Waals surface area (Å²) >= 11 is 8.88. The van der Waals surface area contributed by atoms with Crippen molar-refractivity contribution < 1.29 is 9.53 Å². The second-order valence-corrected chi connectivity index (χ2v) is 7.87. The largest absolute Gasteiger partial charge is 0.495 e. The third kappa shape index (κ3) is 5.25. The average Bonchev–Trinajstić information content (AvgIpc) is 3.00. The molecule has 6 nitrogen and oxygen atoms in total. The molecule has 0 fully saturated rings. The number of nitrogens with zero attached hydrogens (tertiary/aromatic N) is 2. The minimum absolute atomic E-state index is 0.125. The van der Waals surface area contributed by atoms with Gasteiger partial charge in [-0.3, -0.25) is 4.79 Å². The Hall–Kier alpha value is -1.51. The molecule has 2 aromatic rings. The number of rotatable bonds is 8. The van der Waals surface area contributed by atoms with Crippen LogP contribution in [0.15, 0.2) is 22.5 Å². The summed E-state index contributed by atoms with van der Waals surface area (Å²) in [6.45, 7) is 4.76. The van der Waals surface area contributed by atoms with Gasteiger partial charge in [0.05, 0.1) is 17.4 Å². The number of halogens is 1. The van der Waals surface area contributed by atoms with Crippen LogP contribution in [-0.4, -0.2) is 35.0 Å². The van der Waals surface area contributed by atoms with Gasteiger partial charge < -0.3 is 15.4 Å². The monoisotopic (exact) mass is 386 g/mol. The van der Waals surface area contributed by atoms with Crippen LogP contribution in [0.2, 0.25) is 5.02 Å². The smallest absolute Gasteiger partial charge is 0.237 e. The Kier molecular flexibility index (Phi) is 7.14. The fourth-order valence-electron chi connectivity index (χ4n) is 1.75. The van der Waals surface area contributed by atoms with Gasteiger partial charge in [0.15, 0.2) is 4.34 Å². The normalized spacial score (nSPS) is 11.8. The van der Waals surface area contributed by atoms with E-state index in [2.05, 4.69) is 27.8 Å². The third-order valence-electron chi connectivity index (χ3n) is 3.00. The number of hydrogen-bond acceptors (Lipinski definition) is 7. The standard InChI is InChI=1S/C15H19ClN4O2S2/c1-4-7-17-14-19-20-15(24-14)23-9(2)13(21)18-10-5-6-12(22-3)11(16)8-10/h5-6,8-9H,4,7H2,1-3H3,(H,17,19)(H,18,21)/t9-/m0/s1. The third-order valence-corrected chi connectivity index (χ3v) is 5.36. The molecule has 0 radical (unpaired) electrons. The van der Waals surface area contributed by atoms with Gasteiger partial charge in [0.2, 0.25) is 11.0 Å². The SMILES string of the molecule is CCCNc1nnc(S[C@@H](C)C(=O)Nc2ccc(OC)c(Cl)c2)s1. The molecule has 1 aromatic heterocycles. The van der Waals surface area contributed by atoms with Gasteiger partial charge >= 0.3 is 0 Å². The van der Waals surface area contributed by atoms with Crippen LogP contribution in [0, 0.1) is 0 Å². The van der Waals surface area contributed by atoms with Crippen LogP contribution in [0.25, 0.3) is 0 Å². The summed E-state index contributed by atoms with van der Waals surface area (Å²) in [4.78, 5) is 12.3. The Morgan fingerprint density at radius 2 is 2.25 bits per heavy atom. The Balaban J connectivity index is 1.92. The first kappa shape index (κ1) is 18.8. The Morgan fingerprint density at radius 1 is 1.46 bits per heavy atom. The van der Waals surface area contributed by atoms with Crippen LogP contribution in [0.3, 0.4) is 0 Å². The summed E-state index contributed by atoms with van der Waals surface area (Å²) in [6.07, 6.45) is 1.02. The lowest BCUT2D eigenvalue weighted by Gasteiger charge is -2.11. The van der Waals surface area contributed by atoms with Crippen molar-refractivity contribution in [3.63, 3.8) is 0 Å². The van der Waals surface area contributed by atoms with Crippen molar-refractivity contribution in [1.29, 1.82) is 0 Å². The van der Waals surface area contributed by atoms with Gasteiger partial charge in [-0.1, -0.05) is 41.6 Å². The summed E-state index contributed by atoms with van der Waals surface area (Å²) in [5.41, 5.74) is 0.626. The van der Waals surface area contributed by atoms with Gasteiger partial charge in [-0.25, -0.2) is 0 Å². The lowest BCUT2D eigenvalue weighted by Crippen LogP contribution is -2.22. The number of benzene rings is 1. The number of ether oxygens (including phenoxy) is 1. The van der Waals surface area contributed by atoms with Crippen LogP contribution >= 0.6 is 34.7 Å². The molecular formula is C15H19ClN4O2S2. The van der Waals surface area contributed by atoms with Crippen molar-refractivity contribution in [2.75, 3.05) is 24.3 Å². The van der Waals surface area contributed by atoms with E-state index in [1.165, 1.54) is 23.1 Å². The topological polar surface area (TPSA) is 76.1 Å². The van der Waals surface area contributed by atoms with Crippen LogP contribution < -0.4 is 15.4 Å². The quantitative estimate of drug-likeness (QED) is 0.664. The molecule has 0 aliphatic rings. The first-order valence-electron chi connectivity index (χ1n) is 7.42. The van der Waals surface area contributed by atoms with Gasteiger partial charge in [0.25, 0.3) is 0 Å². The van der Waals surface area contributed by atoms with E-state index < -0.39 is 0 Å².